The van der Waals surface area contributed by atoms with Gasteiger partial charge in [0, 0.05) is 36.6 Å². The van der Waals surface area contributed by atoms with Crippen molar-refractivity contribution in [3.8, 4) is 5.75 Å². The Labute approximate surface area is 121 Å². The molecule has 1 unspecified atom stereocenters. The number of benzene rings is 1. The summed E-state index contributed by atoms with van der Waals surface area (Å²) in [6.07, 6.45) is 0.953. The van der Waals surface area contributed by atoms with Crippen LogP contribution in [0, 0.1) is 0 Å². The molecule has 5 heteroatoms. The van der Waals surface area contributed by atoms with Gasteiger partial charge in [-0.1, -0.05) is 6.92 Å². The molecule has 20 heavy (non-hydrogen) atoms. The van der Waals surface area contributed by atoms with Crippen molar-refractivity contribution in [1.82, 2.24) is 4.90 Å². The lowest BCUT2D eigenvalue weighted by Crippen LogP contribution is -2.43. The average Bonchev–Trinajstić information content (AvgIpc) is 2.32. The Morgan fingerprint density at radius 2 is 2.05 bits per heavy atom. The molecule has 0 aromatic heterocycles. The number of rotatable bonds is 8. The monoisotopic (exact) mass is 281 g/mol. The molecular formula is C15H27N3O2. The molecule has 0 saturated carbocycles. The zero-order valence-corrected chi connectivity index (χ0v) is 12.9. The highest BCUT2D eigenvalue weighted by atomic mass is 16.5. The average molecular weight is 281 g/mol. The number of hydrogen-bond donors (Lipinski definition) is 3. The summed E-state index contributed by atoms with van der Waals surface area (Å²) in [6.45, 7) is 5.56. The molecule has 114 valence electrons. The second-order valence-electron chi connectivity index (χ2n) is 5.73. The van der Waals surface area contributed by atoms with E-state index in [1.165, 1.54) is 0 Å². The Kier molecular flexibility index (Phi) is 6.10. The fourth-order valence-electron chi connectivity index (χ4n) is 2.06. The molecule has 1 atom stereocenters. The molecule has 0 fully saturated rings. The van der Waals surface area contributed by atoms with Crippen molar-refractivity contribution < 1.29 is 9.84 Å². The second-order valence-corrected chi connectivity index (χ2v) is 5.73. The summed E-state index contributed by atoms with van der Waals surface area (Å²) in [5.41, 5.74) is 6.56. The lowest BCUT2D eigenvalue weighted by molar-refractivity contribution is 0.0460. The highest BCUT2D eigenvalue weighted by molar-refractivity contribution is 5.59. The quantitative estimate of drug-likeness (QED) is 0.634. The van der Waals surface area contributed by atoms with Crippen LogP contribution >= 0.6 is 0 Å². The summed E-state index contributed by atoms with van der Waals surface area (Å²) in [4.78, 5) is 1.96. The van der Waals surface area contributed by atoms with Crippen LogP contribution in [0.4, 0.5) is 11.4 Å². The highest BCUT2D eigenvalue weighted by Gasteiger charge is 2.21. The molecule has 0 radical (unpaired) electrons. The first kappa shape index (κ1) is 16.6. The molecule has 0 saturated heterocycles. The van der Waals surface area contributed by atoms with Gasteiger partial charge in [-0.2, -0.15) is 0 Å². The number of ether oxygens (including phenoxy) is 1. The van der Waals surface area contributed by atoms with Crippen LogP contribution in [-0.4, -0.2) is 49.4 Å². The number of nitrogen functional groups attached to an aromatic ring is 1. The third kappa shape index (κ3) is 6.12. The highest BCUT2D eigenvalue weighted by Crippen LogP contribution is 2.23. The van der Waals surface area contributed by atoms with Crippen molar-refractivity contribution in [3.63, 3.8) is 0 Å². The maximum Gasteiger partial charge on any atom is 0.123 e. The number of aliphatic hydroxyl groups is 1. The van der Waals surface area contributed by atoms with Crippen LogP contribution in [0.15, 0.2) is 18.2 Å². The number of nitrogens with zero attached hydrogens (tertiary/aromatic N) is 1. The Bertz CT molecular complexity index is 420. The lowest BCUT2D eigenvalue weighted by atomic mass is 10.1. The van der Waals surface area contributed by atoms with Gasteiger partial charge in [-0.15, -0.1) is 0 Å². The molecule has 0 spiro atoms. The van der Waals surface area contributed by atoms with Gasteiger partial charge in [0.2, 0.25) is 0 Å². The van der Waals surface area contributed by atoms with E-state index < -0.39 is 5.60 Å². The van der Waals surface area contributed by atoms with Crippen molar-refractivity contribution in [2.75, 3.05) is 44.8 Å². The zero-order valence-electron chi connectivity index (χ0n) is 12.9. The van der Waals surface area contributed by atoms with E-state index in [0.29, 0.717) is 25.4 Å². The Hall–Kier alpha value is -1.46. The predicted molar refractivity (Wildman–Crippen MR) is 84.3 cm³/mol. The molecule has 1 aromatic carbocycles. The van der Waals surface area contributed by atoms with Gasteiger partial charge in [-0.25, -0.2) is 0 Å². The molecule has 1 rings (SSSR count). The van der Waals surface area contributed by atoms with Gasteiger partial charge in [0.05, 0.1) is 12.2 Å². The van der Waals surface area contributed by atoms with Crippen LogP contribution in [0.3, 0.4) is 0 Å². The standard InChI is InChI=1S/C15H27N3O2/c1-5-6-20-14-8-12(16)7-13(9-14)17-10-15(2,19)11-18(3)4/h7-9,17,19H,5-6,10-11,16H2,1-4H3. The first-order chi connectivity index (χ1) is 9.32. The number of nitrogens with one attached hydrogen (secondary N) is 1. The maximum absolute atomic E-state index is 10.3. The minimum Gasteiger partial charge on any atom is -0.493 e. The second kappa shape index (κ2) is 7.36. The van der Waals surface area contributed by atoms with Crippen LogP contribution in [-0.2, 0) is 0 Å². The Morgan fingerprint density at radius 1 is 1.35 bits per heavy atom. The molecule has 5 nitrogen and oxygen atoms in total. The van der Waals surface area contributed by atoms with E-state index in [0.717, 1.165) is 17.9 Å². The number of nitrogens with two attached hydrogens (primary N) is 1. The van der Waals surface area contributed by atoms with E-state index in [1.807, 2.05) is 31.1 Å². The zero-order chi connectivity index (χ0) is 15.2. The SMILES string of the molecule is CCCOc1cc(N)cc(NCC(C)(O)CN(C)C)c1. The first-order valence-electron chi connectivity index (χ1n) is 6.97. The van der Waals surface area contributed by atoms with Crippen molar-refractivity contribution in [1.29, 1.82) is 0 Å². The van der Waals surface area contributed by atoms with Crippen molar-refractivity contribution >= 4 is 11.4 Å². The van der Waals surface area contributed by atoms with Crippen LogP contribution in [0.1, 0.15) is 20.3 Å². The summed E-state index contributed by atoms with van der Waals surface area (Å²) in [5.74, 6) is 0.751. The Morgan fingerprint density at radius 3 is 2.65 bits per heavy atom. The van der Waals surface area contributed by atoms with Crippen molar-refractivity contribution in [2.45, 2.75) is 25.9 Å². The van der Waals surface area contributed by atoms with Crippen LogP contribution < -0.4 is 15.8 Å². The van der Waals surface area contributed by atoms with E-state index >= 15 is 0 Å². The van der Waals surface area contributed by atoms with Gasteiger partial charge in [0.15, 0.2) is 0 Å². The van der Waals surface area contributed by atoms with Gasteiger partial charge >= 0.3 is 0 Å². The van der Waals surface area contributed by atoms with Gasteiger partial charge in [0.25, 0.3) is 0 Å². The molecule has 0 bridgehead atoms. The van der Waals surface area contributed by atoms with E-state index in [9.17, 15) is 5.11 Å². The van der Waals surface area contributed by atoms with Crippen LogP contribution in [0.25, 0.3) is 0 Å². The lowest BCUT2D eigenvalue weighted by Gasteiger charge is -2.27. The summed E-state index contributed by atoms with van der Waals surface area (Å²) < 4.78 is 5.58. The van der Waals surface area contributed by atoms with Crippen LogP contribution in [0.5, 0.6) is 5.75 Å². The topological polar surface area (TPSA) is 70.8 Å². The summed E-state index contributed by atoms with van der Waals surface area (Å²) in [6, 6.07) is 5.54. The summed E-state index contributed by atoms with van der Waals surface area (Å²) >= 11 is 0. The number of anilines is 2. The molecular weight excluding hydrogens is 254 g/mol. The van der Waals surface area contributed by atoms with E-state index in [4.69, 9.17) is 10.5 Å². The minimum atomic E-state index is -0.807. The molecule has 1 aromatic rings. The van der Waals surface area contributed by atoms with Gasteiger partial charge < -0.3 is 25.8 Å². The van der Waals surface area contributed by atoms with Gasteiger partial charge in [-0.3, -0.25) is 0 Å². The fourth-order valence-corrected chi connectivity index (χ4v) is 2.06. The fraction of sp³-hybridized carbons (Fsp3) is 0.600. The van der Waals surface area contributed by atoms with E-state index in [-0.39, 0.29) is 0 Å². The molecule has 0 heterocycles. The van der Waals surface area contributed by atoms with Gasteiger partial charge in [0.1, 0.15) is 5.75 Å². The first-order valence-corrected chi connectivity index (χ1v) is 6.97. The largest absolute Gasteiger partial charge is 0.493 e. The molecule has 0 aliphatic rings. The van der Waals surface area contributed by atoms with Crippen LogP contribution in [0.2, 0.25) is 0 Å². The van der Waals surface area contributed by atoms with E-state index in [1.54, 1.807) is 13.0 Å². The third-order valence-corrected chi connectivity index (χ3v) is 2.73. The third-order valence-electron chi connectivity index (χ3n) is 2.73. The number of likely N-dealkylation sites (N-methyl/N-ethyl adjacent to an activating group) is 1. The molecule has 0 aliphatic heterocycles. The normalized spacial score (nSPS) is 14.1. The molecule has 0 aliphatic carbocycles. The molecule has 4 N–H and O–H groups in total. The minimum absolute atomic E-state index is 0.446. The number of hydrogen-bond acceptors (Lipinski definition) is 5. The maximum atomic E-state index is 10.3. The predicted octanol–water partition coefficient (Wildman–Crippen LogP) is 1.78. The molecule has 0 amide bonds. The van der Waals surface area contributed by atoms with Crippen molar-refractivity contribution in [3.05, 3.63) is 18.2 Å². The Balaban J connectivity index is 2.65. The van der Waals surface area contributed by atoms with Gasteiger partial charge in [-0.05, 0) is 33.5 Å². The van der Waals surface area contributed by atoms with E-state index in [2.05, 4.69) is 12.2 Å². The summed E-state index contributed by atoms with van der Waals surface area (Å²) in [7, 11) is 3.87. The summed E-state index contributed by atoms with van der Waals surface area (Å²) in [5, 5.41) is 13.5. The van der Waals surface area contributed by atoms with Crippen molar-refractivity contribution in [2.24, 2.45) is 0 Å². The smallest absolute Gasteiger partial charge is 0.123 e.